The average Bonchev–Trinajstić information content (AvgIpc) is 2.03. The van der Waals surface area contributed by atoms with Crippen molar-refractivity contribution in [2.75, 3.05) is 33.9 Å². The van der Waals surface area contributed by atoms with Gasteiger partial charge in [0.2, 0.25) is 0 Å². The van der Waals surface area contributed by atoms with Crippen LogP contribution in [0.25, 0.3) is 0 Å². The van der Waals surface area contributed by atoms with E-state index in [4.69, 9.17) is 9.47 Å². The number of carbonyl (C=O) groups excluding carboxylic acids is 1. The molecule has 0 saturated heterocycles. The SMILES string of the molecule is CCN(C)C(=O)OCCOC. The van der Waals surface area contributed by atoms with E-state index in [9.17, 15) is 4.79 Å². The second-order valence-electron chi connectivity index (χ2n) is 2.12. The third-order valence-corrected chi connectivity index (χ3v) is 1.30. The maximum atomic E-state index is 10.9. The first-order valence-corrected chi connectivity index (χ1v) is 3.59. The molecule has 0 bridgehead atoms. The van der Waals surface area contributed by atoms with Gasteiger partial charge in [0.05, 0.1) is 6.61 Å². The molecule has 0 unspecified atom stereocenters. The zero-order valence-electron chi connectivity index (χ0n) is 7.29. The number of hydrogen-bond donors (Lipinski definition) is 0. The standard InChI is InChI=1S/C7H15NO3/c1-4-8(2)7(9)11-6-5-10-3/h4-6H2,1-3H3. The first kappa shape index (κ1) is 10.2. The fraction of sp³-hybridized carbons (Fsp3) is 0.857. The largest absolute Gasteiger partial charge is 0.447 e. The molecule has 0 rings (SSSR count). The lowest BCUT2D eigenvalue weighted by molar-refractivity contribution is 0.0782. The van der Waals surface area contributed by atoms with Gasteiger partial charge in [0.15, 0.2) is 0 Å². The minimum atomic E-state index is -0.301. The number of methoxy groups -OCH3 is 1. The van der Waals surface area contributed by atoms with Gasteiger partial charge in [0.25, 0.3) is 0 Å². The third kappa shape index (κ3) is 4.61. The Hall–Kier alpha value is -0.770. The van der Waals surface area contributed by atoms with Gasteiger partial charge in [0, 0.05) is 20.7 Å². The summed E-state index contributed by atoms with van der Waals surface area (Å²) < 4.78 is 9.51. The van der Waals surface area contributed by atoms with Crippen molar-refractivity contribution < 1.29 is 14.3 Å². The molecule has 0 atom stereocenters. The van der Waals surface area contributed by atoms with Gasteiger partial charge in [-0.1, -0.05) is 0 Å². The van der Waals surface area contributed by atoms with Crippen molar-refractivity contribution in [2.24, 2.45) is 0 Å². The Labute approximate surface area is 67.1 Å². The van der Waals surface area contributed by atoms with E-state index in [2.05, 4.69) is 0 Å². The number of nitrogens with zero attached hydrogens (tertiary/aromatic N) is 1. The molecule has 0 saturated carbocycles. The zero-order chi connectivity index (χ0) is 8.69. The van der Waals surface area contributed by atoms with Gasteiger partial charge in [-0.15, -0.1) is 0 Å². The normalized spacial score (nSPS) is 9.36. The van der Waals surface area contributed by atoms with E-state index < -0.39 is 0 Å². The van der Waals surface area contributed by atoms with Crippen LogP contribution in [0.5, 0.6) is 0 Å². The molecule has 11 heavy (non-hydrogen) atoms. The fourth-order valence-electron chi connectivity index (χ4n) is 0.452. The highest BCUT2D eigenvalue weighted by atomic mass is 16.6. The number of rotatable bonds is 4. The molecule has 0 radical (unpaired) electrons. The van der Waals surface area contributed by atoms with Crippen molar-refractivity contribution >= 4 is 6.09 Å². The average molecular weight is 161 g/mol. The maximum absolute atomic E-state index is 10.9. The highest BCUT2D eigenvalue weighted by molar-refractivity contribution is 5.67. The lowest BCUT2D eigenvalue weighted by Gasteiger charge is -2.13. The third-order valence-electron chi connectivity index (χ3n) is 1.30. The molecule has 4 nitrogen and oxygen atoms in total. The molecule has 0 spiro atoms. The van der Waals surface area contributed by atoms with Crippen LogP contribution in [0.3, 0.4) is 0 Å². The quantitative estimate of drug-likeness (QED) is 0.570. The van der Waals surface area contributed by atoms with Crippen LogP contribution in [0.15, 0.2) is 0 Å². The van der Waals surface area contributed by atoms with E-state index in [-0.39, 0.29) is 6.09 Å². The van der Waals surface area contributed by atoms with E-state index in [0.717, 1.165) is 0 Å². The van der Waals surface area contributed by atoms with E-state index in [1.807, 2.05) is 6.92 Å². The molecule has 0 aromatic rings. The van der Waals surface area contributed by atoms with Gasteiger partial charge in [-0.2, -0.15) is 0 Å². The van der Waals surface area contributed by atoms with Gasteiger partial charge in [-0.3, -0.25) is 0 Å². The lowest BCUT2D eigenvalue weighted by Crippen LogP contribution is -2.27. The van der Waals surface area contributed by atoms with Crippen LogP contribution in [0, 0.1) is 0 Å². The molecule has 0 aromatic heterocycles. The van der Waals surface area contributed by atoms with Gasteiger partial charge in [-0.25, -0.2) is 4.79 Å². The fourth-order valence-corrected chi connectivity index (χ4v) is 0.452. The van der Waals surface area contributed by atoms with Crippen molar-refractivity contribution in [3.63, 3.8) is 0 Å². The van der Waals surface area contributed by atoms with Crippen molar-refractivity contribution in [1.82, 2.24) is 4.90 Å². The monoisotopic (exact) mass is 161 g/mol. The summed E-state index contributed by atoms with van der Waals surface area (Å²) in [5.74, 6) is 0. The molecule has 4 heteroatoms. The van der Waals surface area contributed by atoms with E-state index >= 15 is 0 Å². The van der Waals surface area contributed by atoms with Crippen LogP contribution < -0.4 is 0 Å². The summed E-state index contributed by atoms with van der Waals surface area (Å²) in [5.41, 5.74) is 0. The highest BCUT2D eigenvalue weighted by Gasteiger charge is 2.05. The first-order valence-electron chi connectivity index (χ1n) is 3.59. The Morgan fingerprint density at radius 3 is 2.55 bits per heavy atom. The molecule has 66 valence electrons. The van der Waals surface area contributed by atoms with Crippen molar-refractivity contribution in [2.45, 2.75) is 6.92 Å². The Morgan fingerprint density at radius 1 is 1.45 bits per heavy atom. The minimum Gasteiger partial charge on any atom is -0.447 e. The summed E-state index contributed by atoms with van der Waals surface area (Å²) in [6, 6.07) is 0. The van der Waals surface area contributed by atoms with Crippen LogP contribution in [0.4, 0.5) is 4.79 Å². The van der Waals surface area contributed by atoms with Crippen molar-refractivity contribution in [3.8, 4) is 0 Å². The second-order valence-corrected chi connectivity index (χ2v) is 2.12. The maximum Gasteiger partial charge on any atom is 0.409 e. The summed E-state index contributed by atoms with van der Waals surface area (Å²) in [6.45, 7) is 3.31. The Morgan fingerprint density at radius 2 is 2.09 bits per heavy atom. The summed E-state index contributed by atoms with van der Waals surface area (Å²) >= 11 is 0. The highest BCUT2D eigenvalue weighted by Crippen LogP contribution is 1.88. The van der Waals surface area contributed by atoms with Gasteiger partial charge in [0.1, 0.15) is 6.61 Å². The summed E-state index contributed by atoms with van der Waals surface area (Å²) in [4.78, 5) is 12.4. The zero-order valence-corrected chi connectivity index (χ0v) is 7.29. The second kappa shape index (κ2) is 5.97. The van der Waals surface area contributed by atoms with Crippen LogP contribution in [0.1, 0.15) is 6.92 Å². The molecule has 0 N–H and O–H groups in total. The van der Waals surface area contributed by atoms with Gasteiger partial charge < -0.3 is 14.4 Å². The van der Waals surface area contributed by atoms with Crippen LogP contribution in [-0.2, 0) is 9.47 Å². The number of amides is 1. The summed E-state index contributed by atoms with van der Waals surface area (Å²) in [6.07, 6.45) is -0.301. The predicted octanol–water partition coefficient (Wildman–Crippen LogP) is 0.721. The molecule has 0 aliphatic heterocycles. The molecule has 0 aliphatic rings. The molecule has 0 fully saturated rings. The van der Waals surface area contributed by atoms with E-state index in [0.29, 0.717) is 19.8 Å². The van der Waals surface area contributed by atoms with E-state index in [1.165, 1.54) is 4.90 Å². The Balaban J connectivity index is 3.36. The lowest BCUT2D eigenvalue weighted by atomic mass is 10.6. The number of ether oxygens (including phenoxy) is 2. The van der Waals surface area contributed by atoms with Crippen LogP contribution in [-0.4, -0.2) is 44.9 Å². The topological polar surface area (TPSA) is 38.8 Å². The number of carbonyl (C=O) groups is 1. The number of hydrogen-bond acceptors (Lipinski definition) is 3. The molecule has 0 aliphatic carbocycles. The minimum absolute atomic E-state index is 0.301. The van der Waals surface area contributed by atoms with Gasteiger partial charge >= 0.3 is 6.09 Å². The Kier molecular flexibility index (Phi) is 5.56. The first-order chi connectivity index (χ1) is 5.22. The summed E-state index contributed by atoms with van der Waals surface area (Å²) in [5, 5.41) is 0. The molecular weight excluding hydrogens is 146 g/mol. The van der Waals surface area contributed by atoms with Gasteiger partial charge in [-0.05, 0) is 6.92 Å². The van der Waals surface area contributed by atoms with E-state index in [1.54, 1.807) is 14.2 Å². The predicted molar refractivity (Wildman–Crippen MR) is 41.5 cm³/mol. The summed E-state index contributed by atoms with van der Waals surface area (Å²) in [7, 11) is 3.26. The van der Waals surface area contributed by atoms with Crippen molar-refractivity contribution in [1.29, 1.82) is 0 Å². The molecule has 0 aromatic carbocycles. The van der Waals surface area contributed by atoms with Crippen molar-refractivity contribution in [3.05, 3.63) is 0 Å². The van der Waals surface area contributed by atoms with Crippen LogP contribution >= 0.6 is 0 Å². The van der Waals surface area contributed by atoms with Crippen LogP contribution in [0.2, 0.25) is 0 Å². The smallest absolute Gasteiger partial charge is 0.409 e. The molecule has 0 heterocycles. The molecule has 1 amide bonds. The Bertz CT molecular complexity index is 116. The molecular formula is C7H15NO3.